The number of hydrogen-bond acceptors (Lipinski definition) is 4. The van der Waals surface area contributed by atoms with Crippen molar-refractivity contribution in [1.82, 2.24) is 5.32 Å². The number of carbonyl (C=O) groups is 1. The zero-order valence-electron chi connectivity index (χ0n) is 18.8. The minimum absolute atomic E-state index is 0.0429. The van der Waals surface area contributed by atoms with Crippen molar-refractivity contribution in [3.63, 3.8) is 0 Å². The number of benzene rings is 3. The van der Waals surface area contributed by atoms with Gasteiger partial charge in [-0.3, -0.25) is 9.10 Å². The van der Waals surface area contributed by atoms with E-state index in [4.69, 9.17) is 4.74 Å². The Morgan fingerprint density at radius 2 is 1.70 bits per heavy atom. The molecule has 0 radical (unpaired) electrons. The van der Waals surface area contributed by atoms with Crippen LogP contribution in [0.1, 0.15) is 25.0 Å². The third kappa shape index (κ3) is 6.82. The molecule has 1 N–H and O–H groups in total. The first-order valence-electron chi connectivity index (χ1n) is 10.5. The van der Waals surface area contributed by atoms with Crippen molar-refractivity contribution in [2.24, 2.45) is 0 Å². The first-order valence-corrected chi connectivity index (χ1v) is 12.8. The number of nitrogens with one attached hydrogen (secondary N) is 1. The summed E-state index contributed by atoms with van der Waals surface area (Å²) >= 11 is 3.36. The fourth-order valence-electron chi connectivity index (χ4n) is 3.15. The summed E-state index contributed by atoms with van der Waals surface area (Å²) in [6.07, 6.45) is 0.0429. The lowest BCUT2D eigenvalue weighted by Crippen LogP contribution is -2.40. The predicted molar refractivity (Wildman–Crippen MR) is 134 cm³/mol. The highest BCUT2D eigenvalue weighted by atomic mass is 79.9. The van der Waals surface area contributed by atoms with Gasteiger partial charge in [-0.1, -0.05) is 45.8 Å². The van der Waals surface area contributed by atoms with E-state index in [1.807, 2.05) is 45.0 Å². The SMILES string of the molecule is Cc1ccc(S(=O)(=O)N(CC(=O)NCc2cccc(OC(C)C)c2)c2ccc(Br)cc2)cc1. The molecule has 0 aliphatic heterocycles. The minimum atomic E-state index is -3.94. The fourth-order valence-corrected chi connectivity index (χ4v) is 4.83. The van der Waals surface area contributed by atoms with E-state index in [9.17, 15) is 13.2 Å². The van der Waals surface area contributed by atoms with E-state index in [1.54, 1.807) is 48.5 Å². The van der Waals surface area contributed by atoms with Crippen LogP contribution in [0.25, 0.3) is 0 Å². The van der Waals surface area contributed by atoms with Gasteiger partial charge in [0.05, 0.1) is 16.7 Å². The molecule has 8 heteroatoms. The van der Waals surface area contributed by atoms with E-state index < -0.39 is 15.9 Å². The van der Waals surface area contributed by atoms with Crippen molar-refractivity contribution < 1.29 is 17.9 Å². The molecule has 0 unspecified atom stereocenters. The van der Waals surface area contributed by atoms with Crippen LogP contribution in [0.2, 0.25) is 0 Å². The van der Waals surface area contributed by atoms with Gasteiger partial charge in [-0.05, 0) is 74.9 Å². The maximum atomic E-state index is 13.4. The number of rotatable bonds is 9. The summed E-state index contributed by atoms with van der Waals surface area (Å²) in [5, 5.41) is 2.81. The van der Waals surface area contributed by atoms with Crippen LogP contribution in [0.4, 0.5) is 5.69 Å². The van der Waals surface area contributed by atoms with Gasteiger partial charge in [0.1, 0.15) is 12.3 Å². The average Bonchev–Trinajstić information content (AvgIpc) is 2.77. The Morgan fingerprint density at radius 1 is 1.03 bits per heavy atom. The molecule has 1 amide bonds. The van der Waals surface area contributed by atoms with E-state index in [1.165, 1.54) is 0 Å². The van der Waals surface area contributed by atoms with E-state index in [-0.39, 0.29) is 24.1 Å². The number of halogens is 1. The lowest BCUT2D eigenvalue weighted by atomic mass is 10.2. The maximum absolute atomic E-state index is 13.4. The van der Waals surface area contributed by atoms with Gasteiger partial charge in [0, 0.05) is 11.0 Å². The molecule has 6 nitrogen and oxygen atoms in total. The maximum Gasteiger partial charge on any atom is 0.264 e. The zero-order valence-corrected chi connectivity index (χ0v) is 21.2. The van der Waals surface area contributed by atoms with Crippen LogP contribution in [-0.2, 0) is 21.4 Å². The van der Waals surface area contributed by atoms with Crippen LogP contribution in [0.3, 0.4) is 0 Å². The topological polar surface area (TPSA) is 75.7 Å². The molecule has 0 aliphatic rings. The molecule has 0 aromatic heterocycles. The van der Waals surface area contributed by atoms with Gasteiger partial charge < -0.3 is 10.1 Å². The van der Waals surface area contributed by atoms with Gasteiger partial charge in [0.25, 0.3) is 10.0 Å². The van der Waals surface area contributed by atoms with Gasteiger partial charge in [-0.2, -0.15) is 0 Å². The number of carbonyl (C=O) groups excluding carboxylic acids is 1. The van der Waals surface area contributed by atoms with Gasteiger partial charge in [0.15, 0.2) is 0 Å². The molecule has 0 bridgehead atoms. The van der Waals surface area contributed by atoms with Crippen LogP contribution < -0.4 is 14.4 Å². The molecule has 33 heavy (non-hydrogen) atoms. The second kappa shape index (κ2) is 10.9. The van der Waals surface area contributed by atoms with E-state index >= 15 is 0 Å². The lowest BCUT2D eigenvalue weighted by molar-refractivity contribution is -0.119. The third-order valence-electron chi connectivity index (χ3n) is 4.77. The normalized spacial score (nSPS) is 11.3. The van der Waals surface area contributed by atoms with E-state index in [2.05, 4.69) is 21.2 Å². The molecule has 0 heterocycles. The fraction of sp³-hybridized carbons (Fsp3) is 0.240. The molecule has 3 aromatic rings. The molecule has 3 rings (SSSR count). The molecule has 0 saturated heterocycles. The van der Waals surface area contributed by atoms with Crippen LogP contribution >= 0.6 is 15.9 Å². The van der Waals surface area contributed by atoms with Gasteiger partial charge in [-0.15, -0.1) is 0 Å². The van der Waals surface area contributed by atoms with Gasteiger partial charge in [-0.25, -0.2) is 8.42 Å². The largest absolute Gasteiger partial charge is 0.491 e. The van der Waals surface area contributed by atoms with Crippen molar-refractivity contribution in [1.29, 1.82) is 0 Å². The summed E-state index contributed by atoms with van der Waals surface area (Å²) in [7, 11) is -3.94. The Balaban J connectivity index is 1.79. The third-order valence-corrected chi connectivity index (χ3v) is 7.09. The summed E-state index contributed by atoms with van der Waals surface area (Å²) < 4.78 is 34.4. The highest BCUT2D eigenvalue weighted by Crippen LogP contribution is 2.25. The Morgan fingerprint density at radius 3 is 2.33 bits per heavy atom. The first kappa shape index (κ1) is 24.8. The molecule has 174 valence electrons. The molecule has 0 aliphatic carbocycles. The number of anilines is 1. The molecule has 3 aromatic carbocycles. The molecule has 0 fully saturated rings. The monoisotopic (exact) mass is 530 g/mol. The number of aryl methyl sites for hydroxylation is 1. The smallest absolute Gasteiger partial charge is 0.264 e. The number of amides is 1. The molecule has 0 spiro atoms. The van der Waals surface area contributed by atoms with Crippen LogP contribution in [0, 0.1) is 6.92 Å². The number of hydrogen-bond donors (Lipinski definition) is 1. The van der Waals surface area contributed by atoms with Crippen molar-refractivity contribution >= 4 is 37.5 Å². The number of nitrogens with zero attached hydrogens (tertiary/aromatic N) is 1. The standard InChI is InChI=1S/C25H27BrN2O4S/c1-18(2)32-23-6-4-5-20(15-23)16-27-25(29)17-28(22-11-9-21(26)10-12-22)33(30,31)24-13-7-19(3)8-14-24/h4-15,18H,16-17H2,1-3H3,(H,27,29). The molecule has 0 atom stereocenters. The van der Waals surface area contributed by atoms with Crippen LogP contribution in [0.5, 0.6) is 5.75 Å². The Kier molecular flexibility index (Phi) is 8.15. The van der Waals surface area contributed by atoms with E-state index in [0.29, 0.717) is 5.69 Å². The zero-order chi connectivity index (χ0) is 24.0. The highest BCUT2D eigenvalue weighted by molar-refractivity contribution is 9.10. The van der Waals surface area contributed by atoms with Crippen molar-refractivity contribution in [3.8, 4) is 5.75 Å². The van der Waals surface area contributed by atoms with Crippen LogP contribution in [-0.4, -0.2) is 27.0 Å². The average molecular weight is 531 g/mol. The molecular formula is C25H27BrN2O4S. The Hall–Kier alpha value is -2.84. The number of ether oxygens (including phenoxy) is 1. The second-order valence-electron chi connectivity index (χ2n) is 7.89. The number of sulfonamides is 1. The quantitative estimate of drug-likeness (QED) is 0.419. The van der Waals surface area contributed by atoms with Gasteiger partial charge >= 0.3 is 0 Å². The molecular weight excluding hydrogens is 504 g/mol. The Labute approximate surface area is 203 Å². The molecule has 0 saturated carbocycles. The van der Waals surface area contributed by atoms with Crippen molar-refractivity contribution in [2.75, 3.05) is 10.8 Å². The Bertz CT molecular complexity index is 1190. The lowest BCUT2D eigenvalue weighted by Gasteiger charge is -2.24. The van der Waals surface area contributed by atoms with Crippen molar-refractivity contribution in [3.05, 3.63) is 88.4 Å². The summed E-state index contributed by atoms with van der Waals surface area (Å²) in [6, 6.07) is 20.8. The van der Waals surface area contributed by atoms with Crippen molar-refractivity contribution in [2.45, 2.75) is 38.3 Å². The summed E-state index contributed by atoms with van der Waals surface area (Å²) in [5.41, 5.74) is 2.21. The van der Waals surface area contributed by atoms with Crippen LogP contribution in [0.15, 0.2) is 82.2 Å². The summed E-state index contributed by atoms with van der Waals surface area (Å²) in [4.78, 5) is 12.9. The second-order valence-corrected chi connectivity index (χ2v) is 10.7. The predicted octanol–water partition coefficient (Wildman–Crippen LogP) is 5.06. The highest BCUT2D eigenvalue weighted by Gasteiger charge is 2.27. The summed E-state index contributed by atoms with van der Waals surface area (Å²) in [6.45, 7) is 5.68. The first-order chi connectivity index (χ1) is 15.6. The minimum Gasteiger partial charge on any atom is -0.491 e. The van der Waals surface area contributed by atoms with E-state index in [0.717, 1.165) is 25.7 Å². The van der Waals surface area contributed by atoms with Gasteiger partial charge in [0.2, 0.25) is 5.91 Å². The summed E-state index contributed by atoms with van der Waals surface area (Å²) in [5.74, 6) is 0.305.